The maximum Gasteiger partial charge on any atom is 0.244 e. The molecule has 4 fully saturated rings. The number of aliphatic hydroxyl groups excluding tert-OH is 2. The van der Waals surface area contributed by atoms with E-state index in [1.54, 1.807) is 4.90 Å². The summed E-state index contributed by atoms with van der Waals surface area (Å²) in [5, 5.41) is 26.7. The quantitative estimate of drug-likeness (QED) is 0.386. The van der Waals surface area contributed by atoms with Gasteiger partial charge < -0.3 is 35.5 Å². The third-order valence-electron chi connectivity index (χ3n) is 8.44. The third-order valence-corrected chi connectivity index (χ3v) is 8.44. The molecule has 3 aliphatic heterocycles. The summed E-state index contributed by atoms with van der Waals surface area (Å²) >= 11 is 0. The molecule has 198 valence electrons. The highest BCUT2D eigenvalue weighted by atomic mass is 16.3. The third kappa shape index (κ3) is 6.72. The summed E-state index contributed by atoms with van der Waals surface area (Å²) in [6, 6.07) is -0.00419. The first-order valence-corrected chi connectivity index (χ1v) is 13.4. The molecule has 3 amide bonds. The molecule has 3 atom stereocenters. The molecule has 0 radical (unpaired) electrons. The lowest BCUT2D eigenvalue weighted by Gasteiger charge is -2.46. The SMILES string of the molecule is CN1CCN2C(=O)CC3(CCN(C4CCCC4)CC3)NC(=O)C[C@H](O)C[C@H](O)CCNC(=O)[C@@H]2C1. The molecule has 1 aliphatic carbocycles. The Kier molecular flexibility index (Phi) is 8.67. The number of rotatable bonds is 1. The van der Waals surface area contributed by atoms with E-state index in [9.17, 15) is 24.6 Å². The van der Waals surface area contributed by atoms with E-state index >= 15 is 0 Å². The van der Waals surface area contributed by atoms with Crippen LogP contribution in [-0.2, 0) is 14.4 Å². The van der Waals surface area contributed by atoms with E-state index in [-0.39, 0.29) is 49.9 Å². The van der Waals surface area contributed by atoms with Gasteiger partial charge in [-0.15, -0.1) is 0 Å². The molecule has 0 aromatic heterocycles. The fraction of sp³-hybridized carbons (Fsp3) is 0.880. The zero-order valence-electron chi connectivity index (χ0n) is 21.1. The fourth-order valence-electron chi connectivity index (χ4n) is 6.32. The maximum absolute atomic E-state index is 13.6. The zero-order valence-corrected chi connectivity index (χ0v) is 21.1. The highest BCUT2D eigenvalue weighted by Gasteiger charge is 2.43. The highest BCUT2D eigenvalue weighted by molar-refractivity contribution is 5.89. The number of carbonyl (C=O) groups excluding carboxylic acids is 3. The van der Waals surface area contributed by atoms with Gasteiger partial charge in [-0.2, -0.15) is 0 Å². The predicted octanol–water partition coefficient (Wildman–Crippen LogP) is -0.566. The second-order valence-corrected chi connectivity index (χ2v) is 11.2. The van der Waals surface area contributed by atoms with Gasteiger partial charge in [0.25, 0.3) is 0 Å². The monoisotopic (exact) mass is 493 g/mol. The van der Waals surface area contributed by atoms with Gasteiger partial charge in [0.1, 0.15) is 6.04 Å². The van der Waals surface area contributed by atoms with E-state index in [4.69, 9.17) is 0 Å². The molecular weight excluding hydrogens is 450 g/mol. The van der Waals surface area contributed by atoms with E-state index in [0.29, 0.717) is 38.5 Å². The first-order valence-electron chi connectivity index (χ1n) is 13.4. The van der Waals surface area contributed by atoms with Crippen LogP contribution in [0.1, 0.15) is 64.2 Å². The molecule has 1 spiro atoms. The lowest BCUT2D eigenvalue weighted by atomic mass is 9.82. The number of carbonyl (C=O) groups is 3. The Morgan fingerprint density at radius 1 is 0.943 bits per heavy atom. The van der Waals surface area contributed by atoms with Crippen LogP contribution < -0.4 is 10.6 Å². The summed E-state index contributed by atoms with van der Waals surface area (Å²) in [6.07, 6.45) is 4.90. The lowest BCUT2D eigenvalue weighted by Crippen LogP contribution is -2.63. The zero-order chi connectivity index (χ0) is 25.0. The van der Waals surface area contributed by atoms with Crippen LogP contribution in [0.4, 0.5) is 0 Å². The van der Waals surface area contributed by atoms with Crippen molar-refractivity contribution in [1.29, 1.82) is 0 Å². The molecule has 0 aromatic carbocycles. The second-order valence-electron chi connectivity index (χ2n) is 11.2. The molecule has 1 saturated carbocycles. The Bertz CT molecular complexity index is 765. The van der Waals surface area contributed by atoms with Gasteiger partial charge in [-0.05, 0) is 45.6 Å². The van der Waals surface area contributed by atoms with Crippen LogP contribution in [0.15, 0.2) is 0 Å². The minimum atomic E-state index is -0.975. The van der Waals surface area contributed by atoms with Gasteiger partial charge in [0, 0.05) is 45.3 Å². The van der Waals surface area contributed by atoms with Crippen molar-refractivity contribution >= 4 is 17.7 Å². The summed E-state index contributed by atoms with van der Waals surface area (Å²) in [5.74, 6) is -0.615. The summed E-state index contributed by atoms with van der Waals surface area (Å²) < 4.78 is 0. The van der Waals surface area contributed by atoms with Crippen molar-refractivity contribution in [1.82, 2.24) is 25.3 Å². The average Bonchev–Trinajstić information content (AvgIpc) is 3.33. The van der Waals surface area contributed by atoms with Crippen LogP contribution in [0.2, 0.25) is 0 Å². The van der Waals surface area contributed by atoms with Gasteiger partial charge in [0.15, 0.2) is 0 Å². The number of likely N-dealkylation sites (tertiary alicyclic amines) is 1. The van der Waals surface area contributed by atoms with Crippen molar-refractivity contribution in [2.24, 2.45) is 0 Å². The van der Waals surface area contributed by atoms with Crippen molar-refractivity contribution < 1.29 is 24.6 Å². The molecule has 3 heterocycles. The molecule has 10 heteroatoms. The number of amides is 3. The van der Waals surface area contributed by atoms with E-state index in [1.165, 1.54) is 25.7 Å². The topological polar surface area (TPSA) is 125 Å². The van der Waals surface area contributed by atoms with Crippen molar-refractivity contribution in [3.8, 4) is 0 Å². The lowest BCUT2D eigenvalue weighted by molar-refractivity contribution is -0.145. The second kappa shape index (κ2) is 11.5. The average molecular weight is 494 g/mol. The van der Waals surface area contributed by atoms with Crippen LogP contribution in [0.5, 0.6) is 0 Å². The summed E-state index contributed by atoms with van der Waals surface area (Å²) in [5.41, 5.74) is -0.688. The summed E-state index contributed by atoms with van der Waals surface area (Å²) in [6.45, 7) is 3.51. The minimum Gasteiger partial charge on any atom is -0.393 e. The minimum absolute atomic E-state index is 0.0724. The van der Waals surface area contributed by atoms with Gasteiger partial charge in [0.05, 0.1) is 30.6 Å². The van der Waals surface area contributed by atoms with E-state index in [0.717, 1.165) is 13.1 Å². The number of piperazine rings is 1. The normalized spacial score (nSPS) is 33.1. The van der Waals surface area contributed by atoms with E-state index in [1.807, 2.05) is 11.9 Å². The molecule has 0 unspecified atom stereocenters. The Morgan fingerprint density at radius 3 is 2.37 bits per heavy atom. The standard InChI is InChI=1S/C25H43N5O5/c1-28-12-13-30-21(17-28)24(35)26-9-6-19(31)14-20(32)15-22(33)27-25(16-23(30)34)7-10-29(11-8-25)18-4-2-3-5-18/h18-21,31-32H,2-17H2,1H3,(H,26,35)(H,27,33)/t19-,20-,21+/m1/s1. The van der Waals surface area contributed by atoms with Crippen molar-refractivity contribution in [3.05, 3.63) is 0 Å². The molecule has 10 nitrogen and oxygen atoms in total. The number of fused-ring (bicyclic) bond motifs is 1. The highest BCUT2D eigenvalue weighted by Crippen LogP contribution is 2.32. The number of nitrogens with one attached hydrogen (secondary N) is 2. The van der Waals surface area contributed by atoms with Crippen molar-refractivity contribution in [3.63, 3.8) is 0 Å². The smallest absolute Gasteiger partial charge is 0.244 e. The van der Waals surface area contributed by atoms with Crippen LogP contribution >= 0.6 is 0 Å². The Balaban J connectivity index is 1.54. The predicted molar refractivity (Wildman–Crippen MR) is 130 cm³/mol. The number of hydrogen-bond acceptors (Lipinski definition) is 7. The van der Waals surface area contributed by atoms with Crippen LogP contribution in [0.3, 0.4) is 0 Å². The molecule has 0 aromatic rings. The first-order chi connectivity index (χ1) is 16.7. The van der Waals surface area contributed by atoms with Gasteiger partial charge in [-0.25, -0.2) is 0 Å². The molecular formula is C25H43N5O5. The molecule has 4 N–H and O–H groups in total. The van der Waals surface area contributed by atoms with Gasteiger partial charge in [-0.3, -0.25) is 14.4 Å². The van der Waals surface area contributed by atoms with Crippen molar-refractivity contribution in [2.75, 3.05) is 46.3 Å². The number of hydrogen-bond donors (Lipinski definition) is 4. The Morgan fingerprint density at radius 2 is 1.66 bits per heavy atom. The van der Waals surface area contributed by atoms with Crippen LogP contribution in [-0.4, -0.2) is 119 Å². The Hall–Kier alpha value is -1.75. The number of nitrogens with zero attached hydrogens (tertiary/aromatic N) is 3. The first kappa shape index (κ1) is 26.3. The van der Waals surface area contributed by atoms with Gasteiger partial charge >= 0.3 is 0 Å². The van der Waals surface area contributed by atoms with Gasteiger partial charge in [0.2, 0.25) is 17.7 Å². The molecule has 35 heavy (non-hydrogen) atoms. The molecule has 3 saturated heterocycles. The largest absolute Gasteiger partial charge is 0.393 e. The number of aliphatic hydroxyl groups is 2. The van der Waals surface area contributed by atoms with Crippen LogP contribution in [0.25, 0.3) is 0 Å². The summed E-state index contributed by atoms with van der Waals surface area (Å²) in [4.78, 5) is 45.9. The number of piperidine rings is 1. The molecule has 4 rings (SSSR count). The maximum atomic E-state index is 13.6. The fourth-order valence-corrected chi connectivity index (χ4v) is 6.32. The van der Waals surface area contributed by atoms with Crippen molar-refractivity contribution in [2.45, 2.75) is 94.0 Å². The molecule has 4 aliphatic rings. The van der Waals surface area contributed by atoms with E-state index in [2.05, 4.69) is 15.5 Å². The number of likely N-dealkylation sites (N-methyl/N-ethyl adjacent to an activating group) is 1. The van der Waals surface area contributed by atoms with Crippen LogP contribution in [0, 0.1) is 0 Å². The van der Waals surface area contributed by atoms with Gasteiger partial charge in [-0.1, -0.05) is 12.8 Å². The summed E-state index contributed by atoms with van der Waals surface area (Å²) in [7, 11) is 1.94. The molecule has 0 bridgehead atoms. The van der Waals surface area contributed by atoms with E-state index < -0.39 is 23.8 Å². The Labute approximate surface area is 208 Å².